The molecule has 2 atom stereocenters. The molecule has 0 N–H and O–H groups in total. The molecule has 108 valence electrons. The van der Waals surface area contributed by atoms with Crippen LogP contribution in [0.1, 0.15) is 40.0 Å². The quantitative estimate of drug-likeness (QED) is 0.583. The molecule has 5 nitrogen and oxygen atoms in total. The van der Waals surface area contributed by atoms with Crippen molar-refractivity contribution in [3.8, 4) is 0 Å². The van der Waals surface area contributed by atoms with Gasteiger partial charge in [-0.15, -0.1) is 6.58 Å². The SMILES string of the molecule is C=CCC1CCC(C(=O)OC)N1C(=O)OC(C)(C)C. The number of hydrogen-bond acceptors (Lipinski definition) is 4. The Kier molecular flexibility index (Phi) is 4.97. The van der Waals surface area contributed by atoms with Crippen LogP contribution >= 0.6 is 0 Å². The highest BCUT2D eigenvalue weighted by Crippen LogP contribution is 2.29. The van der Waals surface area contributed by atoms with E-state index in [0.29, 0.717) is 12.8 Å². The average molecular weight is 269 g/mol. The molecule has 0 aromatic carbocycles. The van der Waals surface area contributed by atoms with Gasteiger partial charge in [0, 0.05) is 6.04 Å². The number of likely N-dealkylation sites (tertiary alicyclic amines) is 1. The van der Waals surface area contributed by atoms with E-state index in [9.17, 15) is 9.59 Å². The van der Waals surface area contributed by atoms with Crippen molar-refractivity contribution in [2.24, 2.45) is 0 Å². The summed E-state index contributed by atoms with van der Waals surface area (Å²) in [4.78, 5) is 25.5. The first-order valence-corrected chi connectivity index (χ1v) is 6.50. The summed E-state index contributed by atoms with van der Waals surface area (Å²) in [6.07, 6.45) is 3.29. The van der Waals surface area contributed by atoms with E-state index in [0.717, 1.165) is 6.42 Å². The summed E-state index contributed by atoms with van der Waals surface area (Å²) in [5.41, 5.74) is -0.584. The number of amides is 1. The maximum atomic E-state index is 12.2. The van der Waals surface area contributed by atoms with Gasteiger partial charge in [-0.1, -0.05) is 6.08 Å². The molecule has 0 saturated carbocycles. The van der Waals surface area contributed by atoms with Crippen molar-refractivity contribution in [2.45, 2.75) is 57.7 Å². The second kappa shape index (κ2) is 6.08. The zero-order valence-electron chi connectivity index (χ0n) is 12.1. The Bertz CT molecular complexity index is 359. The molecule has 0 aromatic heterocycles. The molecule has 1 rings (SSSR count). The van der Waals surface area contributed by atoms with Crippen molar-refractivity contribution in [3.05, 3.63) is 12.7 Å². The van der Waals surface area contributed by atoms with Gasteiger partial charge in [-0.05, 0) is 40.0 Å². The fourth-order valence-corrected chi connectivity index (χ4v) is 2.27. The van der Waals surface area contributed by atoms with E-state index in [1.165, 1.54) is 12.0 Å². The van der Waals surface area contributed by atoms with Gasteiger partial charge < -0.3 is 9.47 Å². The standard InChI is InChI=1S/C14H23NO4/c1-6-7-10-8-9-11(12(16)18-5)15(10)13(17)19-14(2,3)4/h6,10-11H,1,7-9H2,2-5H3. The first-order valence-electron chi connectivity index (χ1n) is 6.50. The molecule has 1 amide bonds. The third kappa shape index (κ3) is 3.98. The summed E-state index contributed by atoms with van der Waals surface area (Å²) in [5.74, 6) is -0.391. The number of ether oxygens (including phenoxy) is 2. The number of methoxy groups -OCH3 is 1. The number of hydrogen-bond donors (Lipinski definition) is 0. The molecule has 0 radical (unpaired) electrons. The van der Waals surface area contributed by atoms with E-state index >= 15 is 0 Å². The monoisotopic (exact) mass is 269 g/mol. The zero-order chi connectivity index (χ0) is 14.6. The molecule has 0 bridgehead atoms. The Labute approximate surface area is 114 Å². The largest absolute Gasteiger partial charge is 0.467 e. The van der Waals surface area contributed by atoms with E-state index in [1.54, 1.807) is 26.8 Å². The summed E-state index contributed by atoms with van der Waals surface area (Å²) in [6, 6.07) is -0.596. The smallest absolute Gasteiger partial charge is 0.411 e. The highest BCUT2D eigenvalue weighted by Gasteiger charge is 2.42. The van der Waals surface area contributed by atoms with Crippen LogP contribution in [0.4, 0.5) is 4.79 Å². The highest BCUT2D eigenvalue weighted by atomic mass is 16.6. The van der Waals surface area contributed by atoms with Crippen LogP contribution in [0.3, 0.4) is 0 Å². The second-order valence-corrected chi connectivity index (χ2v) is 5.68. The molecule has 1 saturated heterocycles. The lowest BCUT2D eigenvalue weighted by atomic mass is 10.1. The highest BCUT2D eigenvalue weighted by molar-refractivity contribution is 5.82. The van der Waals surface area contributed by atoms with Gasteiger partial charge in [-0.3, -0.25) is 4.90 Å². The van der Waals surface area contributed by atoms with Crippen molar-refractivity contribution >= 4 is 12.1 Å². The van der Waals surface area contributed by atoms with Gasteiger partial charge in [0.25, 0.3) is 0 Å². The summed E-state index contributed by atoms with van der Waals surface area (Å²) in [6.45, 7) is 9.09. The minimum atomic E-state index is -0.584. The van der Waals surface area contributed by atoms with Gasteiger partial charge in [-0.2, -0.15) is 0 Å². The van der Waals surface area contributed by atoms with Crippen molar-refractivity contribution in [1.82, 2.24) is 4.90 Å². The van der Waals surface area contributed by atoms with Crippen LogP contribution in [0.25, 0.3) is 0 Å². The van der Waals surface area contributed by atoms with Crippen LogP contribution in [0.2, 0.25) is 0 Å². The van der Waals surface area contributed by atoms with Gasteiger partial charge in [-0.25, -0.2) is 9.59 Å². The van der Waals surface area contributed by atoms with Crippen molar-refractivity contribution < 1.29 is 19.1 Å². The van der Waals surface area contributed by atoms with Gasteiger partial charge in [0.2, 0.25) is 0 Å². The number of carbonyl (C=O) groups is 2. The zero-order valence-corrected chi connectivity index (χ0v) is 12.1. The van der Waals surface area contributed by atoms with Gasteiger partial charge in [0.05, 0.1) is 7.11 Å². The number of rotatable bonds is 3. The van der Waals surface area contributed by atoms with E-state index in [2.05, 4.69) is 6.58 Å². The Morgan fingerprint density at radius 2 is 2.00 bits per heavy atom. The molecule has 19 heavy (non-hydrogen) atoms. The van der Waals surface area contributed by atoms with Crippen LogP contribution in [0.5, 0.6) is 0 Å². The van der Waals surface area contributed by atoms with E-state index in [4.69, 9.17) is 9.47 Å². The normalized spacial score (nSPS) is 23.1. The maximum absolute atomic E-state index is 12.2. The number of esters is 1. The summed E-state index contributed by atoms with van der Waals surface area (Å²) in [5, 5.41) is 0. The Balaban J connectivity index is 2.88. The third-order valence-electron chi connectivity index (χ3n) is 3.02. The fourth-order valence-electron chi connectivity index (χ4n) is 2.27. The number of nitrogens with zero attached hydrogens (tertiary/aromatic N) is 1. The van der Waals surface area contributed by atoms with Crippen LogP contribution in [-0.4, -0.2) is 41.8 Å². The molecule has 5 heteroatoms. The lowest BCUT2D eigenvalue weighted by Gasteiger charge is -2.31. The van der Waals surface area contributed by atoms with Gasteiger partial charge in [0.1, 0.15) is 11.6 Å². The molecule has 0 aliphatic carbocycles. The minimum absolute atomic E-state index is 0.0450. The first kappa shape index (κ1) is 15.5. The Morgan fingerprint density at radius 1 is 1.37 bits per heavy atom. The van der Waals surface area contributed by atoms with Crippen molar-refractivity contribution in [3.63, 3.8) is 0 Å². The molecule has 0 aromatic rings. The summed E-state index contributed by atoms with van der Waals surface area (Å²) < 4.78 is 10.1. The predicted molar refractivity (Wildman–Crippen MR) is 71.7 cm³/mol. The molecular weight excluding hydrogens is 246 g/mol. The van der Waals surface area contributed by atoms with Crippen LogP contribution in [-0.2, 0) is 14.3 Å². The first-order chi connectivity index (χ1) is 8.80. The van der Waals surface area contributed by atoms with E-state index in [1.807, 2.05) is 0 Å². The molecule has 1 aliphatic heterocycles. The summed E-state index contributed by atoms with van der Waals surface area (Å²) >= 11 is 0. The third-order valence-corrected chi connectivity index (χ3v) is 3.02. The maximum Gasteiger partial charge on any atom is 0.411 e. The number of carbonyl (C=O) groups excluding carboxylic acids is 2. The summed E-state index contributed by atoms with van der Waals surface area (Å²) in [7, 11) is 1.33. The van der Waals surface area contributed by atoms with Crippen LogP contribution in [0.15, 0.2) is 12.7 Å². The predicted octanol–water partition coefficient (Wildman–Crippen LogP) is 2.50. The molecule has 1 heterocycles. The second-order valence-electron chi connectivity index (χ2n) is 5.68. The van der Waals surface area contributed by atoms with Crippen LogP contribution in [0, 0.1) is 0 Å². The average Bonchev–Trinajstić information content (AvgIpc) is 2.70. The molecule has 2 unspecified atom stereocenters. The van der Waals surface area contributed by atoms with E-state index < -0.39 is 23.7 Å². The molecule has 0 spiro atoms. The topological polar surface area (TPSA) is 55.8 Å². The Morgan fingerprint density at radius 3 is 2.47 bits per heavy atom. The molecular formula is C14H23NO4. The lowest BCUT2D eigenvalue weighted by molar-refractivity contribution is -0.146. The van der Waals surface area contributed by atoms with Gasteiger partial charge >= 0.3 is 12.1 Å². The van der Waals surface area contributed by atoms with Crippen molar-refractivity contribution in [1.29, 1.82) is 0 Å². The Hall–Kier alpha value is -1.52. The van der Waals surface area contributed by atoms with Crippen molar-refractivity contribution in [2.75, 3.05) is 7.11 Å². The van der Waals surface area contributed by atoms with E-state index in [-0.39, 0.29) is 6.04 Å². The lowest BCUT2D eigenvalue weighted by Crippen LogP contribution is -2.47. The fraction of sp³-hybridized carbons (Fsp3) is 0.714. The molecule has 1 aliphatic rings. The van der Waals surface area contributed by atoms with Gasteiger partial charge in [0.15, 0.2) is 0 Å². The van der Waals surface area contributed by atoms with Crippen LogP contribution < -0.4 is 0 Å². The minimum Gasteiger partial charge on any atom is -0.467 e. The molecule has 1 fully saturated rings.